The molecule has 0 amide bonds. The average Bonchev–Trinajstić information content (AvgIpc) is 2.23. The fourth-order valence-corrected chi connectivity index (χ4v) is 0.408. The Balaban J connectivity index is 0.000000162. The van der Waals surface area contributed by atoms with E-state index < -0.39 is 0 Å². The Bertz CT molecular complexity index is 67.4. The summed E-state index contributed by atoms with van der Waals surface area (Å²) in [5, 5.41) is 5.31. The van der Waals surface area contributed by atoms with E-state index in [9.17, 15) is 0 Å². The molecule has 0 fully saturated rings. The summed E-state index contributed by atoms with van der Waals surface area (Å²) < 4.78 is 3.51. The molecule has 1 rings (SSSR count). The zero-order valence-corrected chi connectivity index (χ0v) is 5.96. The zero-order valence-electron chi connectivity index (χ0n) is 3.35. The molecule has 0 aliphatic carbocycles. The highest BCUT2D eigenvalue weighted by Gasteiger charge is 1.61. The van der Waals surface area contributed by atoms with Crippen molar-refractivity contribution in [1.29, 1.82) is 0 Å². The van der Waals surface area contributed by atoms with E-state index >= 15 is 0 Å². The van der Waals surface area contributed by atoms with Crippen LogP contribution in [-0.4, -0.2) is 9.59 Å². The van der Waals surface area contributed by atoms with Crippen LogP contribution in [0.5, 0.6) is 0 Å². The van der Waals surface area contributed by atoms with Crippen molar-refractivity contribution in [2.45, 2.75) is 0 Å². The molecule has 0 spiro atoms. The summed E-state index contributed by atoms with van der Waals surface area (Å²) in [5.74, 6) is 0. The monoisotopic (exact) mass is 152 g/mol. The van der Waals surface area contributed by atoms with E-state index in [2.05, 4.69) is 32.9 Å². The van der Waals surface area contributed by atoms with Crippen LogP contribution < -0.4 is 0 Å². The second-order valence-corrected chi connectivity index (χ2v) is 1.23. The predicted molar refractivity (Wildman–Crippen MR) is 37.9 cm³/mol. The summed E-state index contributed by atoms with van der Waals surface area (Å²) in [6.45, 7) is 0. The van der Waals surface area contributed by atoms with Crippen molar-refractivity contribution < 1.29 is 0 Å². The van der Waals surface area contributed by atoms with E-state index in [1.54, 1.807) is 6.20 Å². The van der Waals surface area contributed by atoms with Gasteiger partial charge in [0.1, 0.15) is 0 Å². The minimum atomic E-state index is 1.35. The Kier molecular flexibility index (Phi) is 6.49. The summed E-state index contributed by atoms with van der Waals surface area (Å²) in [5.41, 5.74) is 0. The average molecular weight is 152 g/mol. The molecule has 0 N–H and O–H groups in total. The normalized spacial score (nSPS) is 6.57. The number of hydrogen-bond acceptors (Lipinski definition) is 5. The lowest BCUT2D eigenvalue weighted by Gasteiger charge is -1.40. The van der Waals surface area contributed by atoms with Gasteiger partial charge in [-0.2, -0.15) is 0 Å². The van der Waals surface area contributed by atoms with Gasteiger partial charge in [-0.25, -0.2) is 0 Å². The highest BCUT2D eigenvalue weighted by molar-refractivity contribution is 8.59. The summed E-state index contributed by atoms with van der Waals surface area (Å²) in [6.07, 6.45) is 1.66. The minimum absolute atomic E-state index is 1.35. The van der Waals surface area contributed by atoms with Gasteiger partial charge in [0.05, 0.1) is 6.20 Å². The molecule has 1 aromatic heterocycles. The van der Waals surface area contributed by atoms with E-state index in [1.807, 2.05) is 5.38 Å². The fraction of sp³-hybridized carbons (Fsp3) is 0. The second-order valence-electron chi connectivity index (χ2n) is 0.588. The van der Waals surface area contributed by atoms with Gasteiger partial charge in [-0.15, -0.1) is 28.4 Å². The first-order valence-corrected chi connectivity index (χ1v) is 3.85. The van der Waals surface area contributed by atoms with Crippen molar-refractivity contribution in [3.8, 4) is 0 Å². The van der Waals surface area contributed by atoms with Gasteiger partial charge < -0.3 is 0 Å². The van der Waals surface area contributed by atoms with Crippen LogP contribution in [0.2, 0.25) is 0 Å². The number of aromatic nitrogens is 2. The molecule has 0 aromatic carbocycles. The van der Waals surface area contributed by atoms with Gasteiger partial charge in [0.25, 0.3) is 0 Å². The molecule has 0 atom stereocenters. The Labute approximate surface area is 56.3 Å². The van der Waals surface area contributed by atoms with E-state index in [4.69, 9.17) is 0 Å². The molecule has 0 saturated heterocycles. The number of thiol groups is 2. The molecule has 0 saturated carbocycles. The van der Waals surface area contributed by atoms with Crippen molar-refractivity contribution in [3.63, 3.8) is 0 Å². The lowest BCUT2D eigenvalue weighted by Crippen LogP contribution is -1.51. The lowest BCUT2D eigenvalue weighted by molar-refractivity contribution is 1.16. The fourth-order valence-electron chi connectivity index (χ4n) is 0.136. The molecule has 1 heterocycles. The largest absolute Gasteiger partial charge is 0.147 e. The van der Waals surface area contributed by atoms with Crippen LogP contribution in [0.3, 0.4) is 0 Å². The van der Waals surface area contributed by atoms with E-state index in [-0.39, 0.29) is 0 Å². The Morgan fingerprint density at radius 3 is 2.29 bits per heavy atom. The van der Waals surface area contributed by atoms with Gasteiger partial charge in [-0.3, -0.25) is 0 Å². The molecule has 2 nitrogen and oxygen atoms in total. The van der Waals surface area contributed by atoms with Crippen molar-refractivity contribution >= 4 is 34.9 Å². The number of rotatable bonds is 0. The number of hydrogen-bond donors (Lipinski definition) is 2. The third-order valence-electron chi connectivity index (χ3n) is 0.283. The van der Waals surface area contributed by atoms with Gasteiger partial charge in [-0.1, -0.05) is 4.49 Å². The molecular formula is C2H4N2S3. The minimum Gasteiger partial charge on any atom is -0.147 e. The summed E-state index contributed by atoms with van der Waals surface area (Å²) in [7, 11) is 0. The Hall–Kier alpha value is 0.260. The highest BCUT2D eigenvalue weighted by atomic mass is 33.1. The SMILES string of the molecule is SS.c1csnn1. The molecule has 0 aliphatic rings. The van der Waals surface area contributed by atoms with Crippen LogP contribution in [0, 0.1) is 0 Å². The molecule has 0 radical (unpaired) electrons. The molecule has 0 unspecified atom stereocenters. The summed E-state index contributed by atoms with van der Waals surface area (Å²) in [6, 6.07) is 0. The standard InChI is InChI=1S/C2H2N2S.H2S2/c1-2-5-4-3-1;1-2/h1-2H;1-2H. The smallest absolute Gasteiger partial charge is 0.0620 e. The maximum Gasteiger partial charge on any atom is 0.0620 e. The molecule has 7 heavy (non-hydrogen) atoms. The van der Waals surface area contributed by atoms with E-state index in [0.29, 0.717) is 0 Å². The van der Waals surface area contributed by atoms with E-state index in [0.717, 1.165) is 0 Å². The second kappa shape index (κ2) is 6.26. The van der Waals surface area contributed by atoms with Gasteiger partial charge >= 0.3 is 0 Å². The van der Waals surface area contributed by atoms with Crippen LogP contribution in [0.1, 0.15) is 0 Å². The molecular weight excluding hydrogens is 148 g/mol. The van der Waals surface area contributed by atoms with Crippen molar-refractivity contribution in [2.24, 2.45) is 0 Å². The van der Waals surface area contributed by atoms with Crippen molar-refractivity contribution in [1.82, 2.24) is 9.59 Å². The number of nitrogens with zero attached hydrogens (tertiary/aromatic N) is 2. The third-order valence-corrected chi connectivity index (χ3v) is 0.715. The molecule has 5 heteroatoms. The summed E-state index contributed by atoms with van der Waals surface area (Å²) in [4.78, 5) is 0. The maximum atomic E-state index is 3.51. The van der Waals surface area contributed by atoms with Crippen LogP contribution >= 0.6 is 34.9 Å². The van der Waals surface area contributed by atoms with Crippen molar-refractivity contribution in [3.05, 3.63) is 11.6 Å². The molecule has 40 valence electrons. The Morgan fingerprint density at radius 1 is 1.43 bits per heavy atom. The first-order valence-electron chi connectivity index (χ1n) is 1.41. The lowest BCUT2D eigenvalue weighted by atomic mass is 11.1. The molecule has 0 aliphatic heterocycles. The van der Waals surface area contributed by atoms with Crippen LogP contribution in [0.25, 0.3) is 0 Å². The van der Waals surface area contributed by atoms with Gasteiger partial charge in [0, 0.05) is 5.38 Å². The van der Waals surface area contributed by atoms with Gasteiger partial charge in [0.15, 0.2) is 0 Å². The molecule has 0 bridgehead atoms. The van der Waals surface area contributed by atoms with Crippen LogP contribution in [-0.2, 0) is 0 Å². The van der Waals surface area contributed by atoms with E-state index in [1.165, 1.54) is 11.5 Å². The topological polar surface area (TPSA) is 25.8 Å². The molecule has 1 aromatic rings. The maximum absolute atomic E-state index is 3.51. The third kappa shape index (κ3) is 4.11. The first kappa shape index (κ1) is 7.26. The quantitative estimate of drug-likeness (QED) is 0.433. The predicted octanol–water partition coefficient (Wildman–Crippen LogP) is 1.30. The van der Waals surface area contributed by atoms with Gasteiger partial charge in [0.2, 0.25) is 0 Å². The van der Waals surface area contributed by atoms with Gasteiger partial charge in [-0.05, 0) is 11.5 Å². The highest BCUT2D eigenvalue weighted by Crippen LogP contribution is 1.78. The van der Waals surface area contributed by atoms with Crippen molar-refractivity contribution in [2.75, 3.05) is 0 Å². The zero-order chi connectivity index (χ0) is 5.54. The van der Waals surface area contributed by atoms with Crippen LogP contribution in [0.4, 0.5) is 0 Å². The summed E-state index contributed by atoms with van der Waals surface area (Å²) >= 11 is 7.80. The van der Waals surface area contributed by atoms with Crippen LogP contribution in [0.15, 0.2) is 11.6 Å². The Morgan fingerprint density at radius 2 is 2.14 bits per heavy atom. The first-order chi connectivity index (χ1) is 3.50.